The molecule has 0 fully saturated rings. The third-order valence-electron chi connectivity index (χ3n) is 14.1. The van der Waals surface area contributed by atoms with E-state index in [1.807, 2.05) is 0 Å². The van der Waals surface area contributed by atoms with E-state index in [9.17, 15) is 0 Å². The van der Waals surface area contributed by atoms with Gasteiger partial charge in [-0.25, -0.2) is 0 Å². The van der Waals surface area contributed by atoms with Gasteiger partial charge in [0.25, 0.3) is 0 Å². The van der Waals surface area contributed by atoms with E-state index in [0.717, 1.165) is 19.3 Å². The second-order valence-corrected chi connectivity index (χ2v) is 18.7. The molecule has 0 spiro atoms. The molecule has 8 aromatic rings. The fourth-order valence-electron chi connectivity index (χ4n) is 10.8. The zero-order chi connectivity index (χ0) is 40.8. The zero-order valence-corrected chi connectivity index (χ0v) is 35.5. The van der Waals surface area contributed by atoms with Crippen LogP contribution in [0.25, 0.3) is 56.0 Å². The highest BCUT2D eigenvalue weighted by Crippen LogP contribution is 2.52. The summed E-state index contributed by atoms with van der Waals surface area (Å²) in [4.78, 5) is 5.11. The maximum absolute atomic E-state index is 2.58. The van der Waals surface area contributed by atoms with Gasteiger partial charge in [0.1, 0.15) is 0 Å². The van der Waals surface area contributed by atoms with Gasteiger partial charge in [0.05, 0.1) is 0 Å². The summed E-state index contributed by atoms with van der Waals surface area (Å²) >= 11 is 0. The average molecular weight is 777 g/mol. The van der Waals surface area contributed by atoms with Crippen LogP contribution in [0, 0.1) is 0 Å². The van der Waals surface area contributed by atoms with Crippen molar-refractivity contribution in [3.8, 4) is 22.3 Å². The van der Waals surface area contributed by atoms with Crippen molar-refractivity contribution in [3.05, 3.63) is 191 Å². The number of fused-ring (bicyclic) bond motifs is 7. The molecule has 60 heavy (non-hydrogen) atoms. The highest BCUT2D eigenvalue weighted by molar-refractivity contribution is 6.04. The van der Waals surface area contributed by atoms with E-state index >= 15 is 0 Å². The standard InChI is InChI=1S/C58H52N2/c1-38-18-21-41-12-6-10-16-55(41)59(38)46-27-25-43-35-45(24-23-44(43)36-46)49-30-26-40(48-14-8-9-15-50(48)49)22-19-39-20-29-51-52-31-28-47(37-54(52)58(4,5)53(51)34-39)60-56-17-11-7-13-42(56)32-33-57(60,2)3/h6-17,19-20,22-31,34-38H,18,21,32-33H2,1-5H3. The summed E-state index contributed by atoms with van der Waals surface area (Å²) in [6.07, 6.45) is 9.18. The van der Waals surface area contributed by atoms with Gasteiger partial charge in [-0.2, -0.15) is 0 Å². The number of rotatable bonds is 5. The molecule has 1 aliphatic carbocycles. The second kappa shape index (κ2) is 13.8. The Balaban J connectivity index is 0.887. The van der Waals surface area contributed by atoms with Gasteiger partial charge in [0.15, 0.2) is 0 Å². The van der Waals surface area contributed by atoms with Gasteiger partial charge >= 0.3 is 0 Å². The molecule has 2 heterocycles. The quantitative estimate of drug-likeness (QED) is 0.161. The SMILES string of the molecule is CC1CCc2ccccc2N1c1ccc2cc(-c3ccc(C=Cc4ccc5c(c4)C(C)(C)c4cc(N6c7ccccc7CCC6(C)C)ccc4-5)c4ccccc34)ccc2c1. The van der Waals surface area contributed by atoms with Crippen LogP contribution >= 0.6 is 0 Å². The van der Waals surface area contributed by atoms with E-state index in [1.54, 1.807) is 0 Å². The van der Waals surface area contributed by atoms with Gasteiger partial charge in [0.2, 0.25) is 0 Å². The molecule has 0 N–H and O–H groups in total. The number of para-hydroxylation sites is 2. The lowest BCUT2D eigenvalue weighted by Gasteiger charge is -2.45. The van der Waals surface area contributed by atoms with Crippen LogP contribution in [-0.4, -0.2) is 11.6 Å². The molecule has 2 nitrogen and oxygen atoms in total. The van der Waals surface area contributed by atoms with E-state index in [-0.39, 0.29) is 11.0 Å². The molecule has 8 aromatic carbocycles. The largest absolute Gasteiger partial charge is 0.338 e. The van der Waals surface area contributed by atoms with Crippen LogP contribution in [0.5, 0.6) is 0 Å². The highest BCUT2D eigenvalue weighted by Gasteiger charge is 2.38. The summed E-state index contributed by atoms with van der Waals surface area (Å²) in [7, 11) is 0. The van der Waals surface area contributed by atoms with Crippen LogP contribution in [0.1, 0.15) is 80.8 Å². The topological polar surface area (TPSA) is 6.48 Å². The lowest BCUT2D eigenvalue weighted by atomic mass is 9.81. The maximum Gasteiger partial charge on any atom is 0.0448 e. The maximum atomic E-state index is 2.58. The molecular weight excluding hydrogens is 725 g/mol. The Morgan fingerprint density at radius 3 is 2.02 bits per heavy atom. The Morgan fingerprint density at radius 2 is 1.18 bits per heavy atom. The van der Waals surface area contributed by atoms with E-state index in [4.69, 9.17) is 0 Å². The molecule has 3 aliphatic rings. The third-order valence-corrected chi connectivity index (χ3v) is 14.1. The lowest BCUT2D eigenvalue weighted by Crippen LogP contribution is -2.44. The first-order chi connectivity index (χ1) is 29.1. The minimum absolute atomic E-state index is 0.0402. The van der Waals surface area contributed by atoms with Crippen molar-refractivity contribution >= 4 is 56.4 Å². The Labute approximate surface area is 355 Å². The van der Waals surface area contributed by atoms with Gasteiger partial charge in [-0.1, -0.05) is 141 Å². The average Bonchev–Trinajstić information content (AvgIpc) is 3.49. The summed E-state index contributed by atoms with van der Waals surface area (Å²) in [5.74, 6) is 0. The predicted molar refractivity (Wildman–Crippen MR) is 257 cm³/mol. The van der Waals surface area contributed by atoms with Gasteiger partial charge in [-0.3, -0.25) is 0 Å². The van der Waals surface area contributed by atoms with Crippen molar-refractivity contribution in [2.24, 2.45) is 0 Å². The third kappa shape index (κ3) is 5.91. The van der Waals surface area contributed by atoms with E-state index in [2.05, 4.69) is 214 Å². The number of aryl methyl sites for hydroxylation is 2. The molecule has 0 saturated heterocycles. The number of nitrogens with zero attached hydrogens (tertiary/aromatic N) is 2. The molecule has 2 heteroatoms. The molecule has 11 rings (SSSR count). The van der Waals surface area contributed by atoms with E-state index in [0.29, 0.717) is 6.04 Å². The fraction of sp³-hybridized carbons (Fsp3) is 0.207. The monoisotopic (exact) mass is 776 g/mol. The summed E-state index contributed by atoms with van der Waals surface area (Å²) in [5.41, 5.74) is 18.5. The summed E-state index contributed by atoms with van der Waals surface area (Å²) < 4.78 is 0. The van der Waals surface area contributed by atoms with Crippen LogP contribution in [0.15, 0.2) is 158 Å². The number of hydrogen-bond acceptors (Lipinski definition) is 2. The van der Waals surface area contributed by atoms with Gasteiger partial charge in [-0.05, 0) is 166 Å². The van der Waals surface area contributed by atoms with E-state index < -0.39 is 0 Å². The molecule has 0 radical (unpaired) electrons. The molecule has 2 aliphatic heterocycles. The Morgan fingerprint density at radius 1 is 0.533 bits per heavy atom. The van der Waals surface area contributed by atoms with Crippen molar-refractivity contribution in [2.45, 2.75) is 77.3 Å². The first kappa shape index (κ1) is 36.7. The highest BCUT2D eigenvalue weighted by atomic mass is 15.2. The summed E-state index contributed by atoms with van der Waals surface area (Å²) in [5, 5.41) is 5.08. The molecule has 0 bridgehead atoms. The zero-order valence-electron chi connectivity index (χ0n) is 35.5. The van der Waals surface area contributed by atoms with Crippen LogP contribution in [-0.2, 0) is 18.3 Å². The van der Waals surface area contributed by atoms with Gasteiger partial charge < -0.3 is 9.80 Å². The van der Waals surface area contributed by atoms with Crippen LogP contribution < -0.4 is 9.80 Å². The van der Waals surface area contributed by atoms with Crippen LogP contribution in [0.2, 0.25) is 0 Å². The van der Waals surface area contributed by atoms with Crippen molar-refractivity contribution in [1.29, 1.82) is 0 Å². The van der Waals surface area contributed by atoms with Crippen molar-refractivity contribution < 1.29 is 0 Å². The molecule has 294 valence electrons. The fourth-order valence-corrected chi connectivity index (χ4v) is 10.8. The first-order valence-electron chi connectivity index (χ1n) is 21.9. The van der Waals surface area contributed by atoms with Crippen molar-refractivity contribution in [1.82, 2.24) is 0 Å². The van der Waals surface area contributed by atoms with Crippen LogP contribution in [0.4, 0.5) is 22.7 Å². The minimum Gasteiger partial charge on any atom is -0.338 e. The van der Waals surface area contributed by atoms with E-state index in [1.165, 1.54) is 106 Å². The Hall–Kier alpha value is -6.38. The molecular formula is C58H52N2. The normalized spacial score (nSPS) is 17.4. The molecule has 1 atom stereocenters. The summed E-state index contributed by atoms with van der Waals surface area (Å²) in [6.45, 7) is 11.9. The van der Waals surface area contributed by atoms with Crippen molar-refractivity contribution in [2.75, 3.05) is 9.80 Å². The van der Waals surface area contributed by atoms with Gasteiger partial charge in [-0.15, -0.1) is 0 Å². The number of benzene rings is 8. The molecule has 0 amide bonds. The smallest absolute Gasteiger partial charge is 0.0448 e. The van der Waals surface area contributed by atoms with Crippen molar-refractivity contribution in [3.63, 3.8) is 0 Å². The Bertz CT molecular complexity index is 3040. The van der Waals surface area contributed by atoms with Crippen LogP contribution in [0.3, 0.4) is 0 Å². The summed E-state index contributed by atoms with van der Waals surface area (Å²) in [6, 6.07) is 60.0. The first-order valence-corrected chi connectivity index (χ1v) is 21.9. The molecule has 1 unspecified atom stereocenters. The Kier molecular flexibility index (Phi) is 8.47. The molecule has 0 aromatic heterocycles. The number of hydrogen-bond donors (Lipinski definition) is 0. The van der Waals surface area contributed by atoms with Gasteiger partial charge in [0, 0.05) is 39.7 Å². The minimum atomic E-state index is -0.114. The predicted octanol–water partition coefficient (Wildman–Crippen LogP) is 15.5. The number of anilines is 4. The molecule has 0 saturated carbocycles. The second-order valence-electron chi connectivity index (χ2n) is 18.7. The lowest BCUT2D eigenvalue weighted by molar-refractivity contribution is 0.447.